The number of carbonyl (C=O) groups excluding carboxylic acids is 2. The van der Waals surface area contributed by atoms with Crippen LogP contribution < -0.4 is 15.4 Å². The molecule has 1 aliphatic heterocycles. The van der Waals surface area contributed by atoms with Gasteiger partial charge >= 0.3 is 0 Å². The lowest BCUT2D eigenvalue weighted by Gasteiger charge is -2.20. The number of pyridine rings is 1. The Kier molecular flexibility index (Phi) is 6.21. The Balaban J connectivity index is 1.66. The lowest BCUT2D eigenvalue weighted by atomic mass is 9.92. The number of nitrogens with one attached hydrogen (secondary N) is 2. The van der Waals surface area contributed by atoms with Gasteiger partial charge in [0.2, 0.25) is 11.8 Å². The lowest BCUT2D eigenvalue weighted by Crippen LogP contribution is -2.45. The molecule has 1 aromatic carbocycles. The van der Waals surface area contributed by atoms with Crippen LogP contribution in [0, 0.1) is 6.92 Å². The predicted molar refractivity (Wildman–Crippen MR) is 118 cm³/mol. The number of benzene rings is 1. The van der Waals surface area contributed by atoms with Crippen LogP contribution in [0.15, 0.2) is 48.8 Å². The van der Waals surface area contributed by atoms with Crippen LogP contribution in [-0.2, 0) is 9.59 Å². The molecular formula is C24H28N4O3. The zero-order chi connectivity index (χ0) is 21.8. The van der Waals surface area contributed by atoms with Gasteiger partial charge in [-0.3, -0.25) is 9.59 Å². The Morgan fingerprint density at radius 1 is 1.32 bits per heavy atom. The third-order valence-electron chi connectivity index (χ3n) is 5.87. The number of nitrogens with zero attached hydrogens (tertiary/aromatic N) is 2. The quantitative estimate of drug-likeness (QED) is 0.642. The van der Waals surface area contributed by atoms with E-state index in [1.807, 2.05) is 60.1 Å². The van der Waals surface area contributed by atoms with Crippen molar-refractivity contribution in [2.24, 2.45) is 0 Å². The second kappa shape index (κ2) is 9.20. The maximum absolute atomic E-state index is 13.1. The van der Waals surface area contributed by atoms with Crippen LogP contribution in [0.5, 0.6) is 5.75 Å². The van der Waals surface area contributed by atoms with Crippen molar-refractivity contribution in [3.05, 3.63) is 65.6 Å². The van der Waals surface area contributed by atoms with Crippen molar-refractivity contribution in [1.29, 1.82) is 0 Å². The molecule has 7 nitrogen and oxygen atoms in total. The van der Waals surface area contributed by atoms with Gasteiger partial charge in [-0.2, -0.15) is 0 Å². The predicted octanol–water partition coefficient (Wildman–Crippen LogP) is 2.96. The molecule has 31 heavy (non-hydrogen) atoms. The average molecular weight is 421 g/mol. The van der Waals surface area contributed by atoms with Crippen molar-refractivity contribution in [3.8, 4) is 5.75 Å². The summed E-state index contributed by atoms with van der Waals surface area (Å²) in [5.74, 6) is 0.239. The Labute approximate surface area is 181 Å². The molecule has 2 amide bonds. The first-order valence-electron chi connectivity index (χ1n) is 10.7. The zero-order valence-electron chi connectivity index (χ0n) is 17.9. The molecule has 3 heterocycles. The first-order valence-corrected chi connectivity index (χ1v) is 10.7. The number of fused-ring (bicyclic) bond motifs is 1. The van der Waals surface area contributed by atoms with Crippen LogP contribution in [0.4, 0.5) is 0 Å². The molecule has 0 saturated carbocycles. The number of hydrogen-bond acceptors (Lipinski definition) is 4. The van der Waals surface area contributed by atoms with Gasteiger partial charge in [-0.15, -0.1) is 0 Å². The van der Waals surface area contributed by atoms with Crippen molar-refractivity contribution < 1.29 is 14.3 Å². The number of rotatable bonds is 6. The number of ether oxygens (including phenoxy) is 1. The minimum atomic E-state index is -0.481. The first-order chi connectivity index (χ1) is 15.1. The fraction of sp³-hybridized carbons (Fsp3) is 0.375. The highest BCUT2D eigenvalue weighted by molar-refractivity contribution is 5.88. The molecule has 1 aliphatic rings. The monoisotopic (exact) mass is 420 g/mol. The number of hydrogen-bond donors (Lipinski definition) is 2. The summed E-state index contributed by atoms with van der Waals surface area (Å²) < 4.78 is 7.44. The maximum Gasteiger partial charge on any atom is 0.242 e. The van der Waals surface area contributed by atoms with Crippen LogP contribution in [0.25, 0.3) is 5.65 Å². The number of carbonyl (C=O) groups is 2. The summed E-state index contributed by atoms with van der Waals surface area (Å²) in [4.78, 5) is 29.9. The molecule has 4 rings (SSSR count). The van der Waals surface area contributed by atoms with Crippen molar-refractivity contribution in [3.63, 3.8) is 0 Å². The highest BCUT2D eigenvalue weighted by Crippen LogP contribution is 2.31. The summed E-state index contributed by atoms with van der Waals surface area (Å²) in [5.41, 5.74) is 3.82. The number of imidazole rings is 1. The average Bonchev–Trinajstić information content (AvgIpc) is 3.11. The van der Waals surface area contributed by atoms with Crippen molar-refractivity contribution >= 4 is 17.5 Å². The highest BCUT2D eigenvalue weighted by atomic mass is 16.5. The van der Waals surface area contributed by atoms with Gasteiger partial charge in [0, 0.05) is 31.3 Å². The van der Waals surface area contributed by atoms with E-state index in [0.29, 0.717) is 13.0 Å². The summed E-state index contributed by atoms with van der Waals surface area (Å²) >= 11 is 0. The number of amides is 2. The Morgan fingerprint density at radius 2 is 2.19 bits per heavy atom. The number of aryl methyl sites for hydroxylation is 1. The van der Waals surface area contributed by atoms with Crippen molar-refractivity contribution in [1.82, 2.24) is 20.0 Å². The maximum atomic E-state index is 13.1. The van der Waals surface area contributed by atoms with Crippen molar-refractivity contribution in [2.75, 3.05) is 13.7 Å². The SMILES string of the molecule is COc1cccc([C@@H](CC(=O)N[C@H]2CCCCNC2=O)c2cnc3c(C)cccn23)c1. The van der Waals surface area contributed by atoms with Gasteiger partial charge in [0.25, 0.3) is 0 Å². The Bertz CT molecular complexity index is 1090. The number of aromatic nitrogens is 2. The molecule has 162 valence electrons. The second-order valence-corrected chi connectivity index (χ2v) is 8.01. The van der Waals surface area contributed by atoms with Gasteiger partial charge in [-0.25, -0.2) is 4.98 Å². The minimum absolute atomic E-state index is 0.103. The van der Waals surface area contributed by atoms with Gasteiger partial charge in [0.05, 0.1) is 12.8 Å². The molecule has 2 N–H and O–H groups in total. The van der Waals surface area contributed by atoms with Crippen LogP contribution >= 0.6 is 0 Å². The zero-order valence-corrected chi connectivity index (χ0v) is 17.9. The fourth-order valence-electron chi connectivity index (χ4n) is 4.20. The van der Waals surface area contributed by atoms with E-state index in [1.54, 1.807) is 7.11 Å². The van der Waals surface area contributed by atoms with Crippen LogP contribution in [0.3, 0.4) is 0 Å². The molecule has 0 bridgehead atoms. The largest absolute Gasteiger partial charge is 0.497 e. The van der Waals surface area contributed by atoms with E-state index in [0.717, 1.165) is 41.1 Å². The lowest BCUT2D eigenvalue weighted by molar-refractivity contribution is -0.128. The molecule has 1 fully saturated rings. The molecule has 0 aliphatic carbocycles. The second-order valence-electron chi connectivity index (χ2n) is 8.01. The van der Waals surface area contributed by atoms with Crippen molar-refractivity contribution in [2.45, 2.75) is 44.6 Å². The summed E-state index contributed by atoms with van der Waals surface area (Å²) in [5, 5.41) is 5.82. The normalized spacial score (nSPS) is 17.6. The van der Waals surface area contributed by atoms with E-state index in [-0.39, 0.29) is 24.2 Å². The van der Waals surface area contributed by atoms with Gasteiger partial charge in [0.1, 0.15) is 17.4 Å². The summed E-state index contributed by atoms with van der Waals surface area (Å²) in [6.07, 6.45) is 6.52. The van der Waals surface area contributed by atoms with E-state index in [1.165, 1.54) is 0 Å². The molecule has 1 saturated heterocycles. The summed E-state index contributed by atoms with van der Waals surface area (Å²) in [6, 6.07) is 11.3. The third-order valence-corrected chi connectivity index (χ3v) is 5.87. The fourth-order valence-corrected chi connectivity index (χ4v) is 4.20. The molecule has 0 spiro atoms. The molecule has 0 radical (unpaired) electrons. The molecule has 2 aromatic heterocycles. The van der Waals surface area contributed by atoms with Gasteiger partial charge < -0.3 is 19.8 Å². The Hall–Kier alpha value is -3.35. The molecule has 3 aromatic rings. The third kappa shape index (κ3) is 4.55. The van der Waals surface area contributed by atoms with E-state index < -0.39 is 6.04 Å². The topological polar surface area (TPSA) is 84.7 Å². The smallest absolute Gasteiger partial charge is 0.242 e. The molecule has 0 unspecified atom stereocenters. The van der Waals surface area contributed by atoms with Crippen LogP contribution in [-0.4, -0.2) is 40.9 Å². The standard InChI is InChI=1S/C24H28N4O3/c1-16-7-6-12-28-21(15-26-23(16)28)19(17-8-5-9-18(13-17)31-2)14-22(29)27-20-10-3-4-11-25-24(20)30/h5-9,12-13,15,19-20H,3-4,10-11,14H2,1-2H3,(H,25,30)(H,27,29)/t19-,20+/m1/s1. The van der Waals surface area contributed by atoms with Gasteiger partial charge in [0.15, 0.2) is 0 Å². The van der Waals surface area contributed by atoms with Gasteiger partial charge in [-0.1, -0.05) is 18.2 Å². The molecular weight excluding hydrogens is 392 g/mol. The van der Waals surface area contributed by atoms with E-state index in [9.17, 15) is 9.59 Å². The molecule has 2 atom stereocenters. The van der Waals surface area contributed by atoms with Crippen LogP contribution in [0.1, 0.15) is 48.4 Å². The summed E-state index contributed by atoms with van der Waals surface area (Å²) in [6.45, 7) is 2.68. The minimum Gasteiger partial charge on any atom is -0.497 e. The highest BCUT2D eigenvalue weighted by Gasteiger charge is 2.26. The van der Waals surface area contributed by atoms with E-state index >= 15 is 0 Å². The molecule has 7 heteroatoms. The van der Waals surface area contributed by atoms with Crippen LogP contribution in [0.2, 0.25) is 0 Å². The van der Waals surface area contributed by atoms with Gasteiger partial charge in [-0.05, 0) is 55.5 Å². The number of methoxy groups -OCH3 is 1. The first kappa shape index (κ1) is 20.9. The van der Waals surface area contributed by atoms with E-state index in [2.05, 4.69) is 15.6 Å². The Morgan fingerprint density at radius 3 is 3.03 bits per heavy atom. The van der Waals surface area contributed by atoms with E-state index in [4.69, 9.17) is 4.74 Å². The summed E-state index contributed by atoms with van der Waals surface area (Å²) in [7, 11) is 1.63.